The van der Waals surface area contributed by atoms with Crippen molar-refractivity contribution in [1.29, 1.82) is 0 Å². The summed E-state index contributed by atoms with van der Waals surface area (Å²) in [5.74, 6) is 1.08. The molecule has 118 valence electrons. The Balaban J connectivity index is 2.00. The standard InChI is InChI=1S/C16H27N3O2/c1-4-6-12(2)16(21)19-9-5-7-13(11-19)14(20)15-17-8-10-18(15)3/h8,10,12-14,20H,4-7,9,11H2,1-3H3. The quantitative estimate of drug-likeness (QED) is 0.904. The lowest BCUT2D eigenvalue weighted by atomic mass is 9.91. The van der Waals surface area contributed by atoms with Gasteiger partial charge in [0.25, 0.3) is 0 Å². The molecule has 5 nitrogen and oxygen atoms in total. The number of aromatic nitrogens is 2. The zero-order valence-corrected chi connectivity index (χ0v) is 13.3. The van der Waals surface area contributed by atoms with E-state index in [9.17, 15) is 9.90 Å². The highest BCUT2D eigenvalue weighted by molar-refractivity contribution is 5.78. The van der Waals surface area contributed by atoms with E-state index < -0.39 is 6.10 Å². The largest absolute Gasteiger partial charge is 0.385 e. The van der Waals surface area contributed by atoms with Crippen LogP contribution in [-0.4, -0.2) is 38.6 Å². The molecule has 1 aliphatic heterocycles. The van der Waals surface area contributed by atoms with Crippen LogP contribution in [0.2, 0.25) is 0 Å². The number of rotatable bonds is 5. The van der Waals surface area contributed by atoms with E-state index in [1.807, 2.05) is 29.6 Å². The SMILES string of the molecule is CCCC(C)C(=O)N1CCCC(C(O)c2nccn2C)C1. The smallest absolute Gasteiger partial charge is 0.225 e. The molecule has 0 spiro atoms. The third-order valence-electron chi connectivity index (χ3n) is 4.48. The third-order valence-corrected chi connectivity index (χ3v) is 4.48. The summed E-state index contributed by atoms with van der Waals surface area (Å²) in [6, 6.07) is 0. The second kappa shape index (κ2) is 7.07. The summed E-state index contributed by atoms with van der Waals surface area (Å²) in [6.07, 6.45) is 6.81. The molecule has 3 unspecified atom stereocenters. The van der Waals surface area contributed by atoms with Crippen LogP contribution in [-0.2, 0) is 11.8 Å². The van der Waals surface area contributed by atoms with Gasteiger partial charge in [0.1, 0.15) is 11.9 Å². The number of carbonyl (C=O) groups excluding carboxylic acids is 1. The fraction of sp³-hybridized carbons (Fsp3) is 0.750. The first kappa shape index (κ1) is 16.0. The summed E-state index contributed by atoms with van der Waals surface area (Å²) in [6.45, 7) is 5.57. The van der Waals surface area contributed by atoms with Gasteiger partial charge in [-0.15, -0.1) is 0 Å². The van der Waals surface area contributed by atoms with Crippen molar-refractivity contribution in [2.24, 2.45) is 18.9 Å². The normalized spacial score (nSPS) is 22.1. The first-order valence-electron chi connectivity index (χ1n) is 7.98. The molecule has 3 atom stereocenters. The fourth-order valence-electron chi connectivity index (χ4n) is 3.21. The molecule has 1 saturated heterocycles. The van der Waals surface area contributed by atoms with Gasteiger partial charge < -0.3 is 14.6 Å². The van der Waals surface area contributed by atoms with E-state index in [1.54, 1.807) is 6.20 Å². The number of carbonyl (C=O) groups is 1. The van der Waals surface area contributed by atoms with Crippen LogP contribution in [0.25, 0.3) is 0 Å². The van der Waals surface area contributed by atoms with Crippen molar-refractivity contribution in [1.82, 2.24) is 14.5 Å². The molecular weight excluding hydrogens is 266 g/mol. The summed E-state index contributed by atoms with van der Waals surface area (Å²) < 4.78 is 1.85. The van der Waals surface area contributed by atoms with Gasteiger partial charge in [0.05, 0.1) is 0 Å². The van der Waals surface area contributed by atoms with Gasteiger partial charge in [-0.1, -0.05) is 20.3 Å². The minimum Gasteiger partial charge on any atom is -0.385 e. The van der Waals surface area contributed by atoms with Crippen LogP contribution in [0.3, 0.4) is 0 Å². The van der Waals surface area contributed by atoms with Gasteiger partial charge >= 0.3 is 0 Å². The average molecular weight is 293 g/mol. The van der Waals surface area contributed by atoms with Gasteiger partial charge in [0.2, 0.25) is 5.91 Å². The molecule has 1 amide bonds. The molecule has 5 heteroatoms. The predicted octanol–water partition coefficient (Wildman–Crippen LogP) is 2.13. The van der Waals surface area contributed by atoms with E-state index in [2.05, 4.69) is 11.9 Å². The van der Waals surface area contributed by atoms with Crippen LogP contribution in [0, 0.1) is 11.8 Å². The molecule has 2 rings (SSSR count). The predicted molar refractivity (Wildman–Crippen MR) is 81.5 cm³/mol. The zero-order chi connectivity index (χ0) is 15.4. The maximum Gasteiger partial charge on any atom is 0.225 e. The Morgan fingerprint density at radius 2 is 2.33 bits per heavy atom. The van der Waals surface area contributed by atoms with Crippen LogP contribution in [0.1, 0.15) is 51.5 Å². The summed E-state index contributed by atoms with van der Waals surface area (Å²) in [7, 11) is 1.89. The van der Waals surface area contributed by atoms with Gasteiger partial charge in [0.15, 0.2) is 0 Å². The van der Waals surface area contributed by atoms with Crippen molar-refractivity contribution in [2.75, 3.05) is 13.1 Å². The summed E-state index contributed by atoms with van der Waals surface area (Å²) in [5, 5.41) is 10.5. The Hall–Kier alpha value is -1.36. The molecule has 1 aliphatic rings. The van der Waals surface area contributed by atoms with E-state index in [0.717, 1.165) is 32.2 Å². The van der Waals surface area contributed by atoms with Crippen molar-refractivity contribution in [3.8, 4) is 0 Å². The van der Waals surface area contributed by atoms with Crippen LogP contribution in [0.15, 0.2) is 12.4 Å². The molecule has 1 aromatic rings. The van der Waals surface area contributed by atoms with Crippen LogP contribution in [0.4, 0.5) is 0 Å². The van der Waals surface area contributed by atoms with Gasteiger partial charge in [-0.3, -0.25) is 4.79 Å². The molecule has 0 bridgehead atoms. The molecule has 0 aromatic carbocycles. The van der Waals surface area contributed by atoms with Gasteiger partial charge in [0, 0.05) is 44.4 Å². The Kier molecular flexibility index (Phi) is 5.39. The number of piperidine rings is 1. The van der Waals surface area contributed by atoms with Gasteiger partial charge in [-0.25, -0.2) is 4.98 Å². The van der Waals surface area contributed by atoms with E-state index in [0.29, 0.717) is 12.4 Å². The first-order valence-corrected chi connectivity index (χ1v) is 7.98. The van der Waals surface area contributed by atoms with E-state index in [4.69, 9.17) is 0 Å². The van der Waals surface area contributed by atoms with Crippen LogP contribution in [0.5, 0.6) is 0 Å². The number of aryl methyl sites for hydroxylation is 1. The molecule has 21 heavy (non-hydrogen) atoms. The molecule has 0 radical (unpaired) electrons. The fourth-order valence-corrected chi connectivity index (χ4v) is 3.21. The number of hydrogen-bond donors (Lipinski definition) is 1. The minimum atomic E-state index is -0.595. The lowest BCUT2D eigenvalue weighted by Crippen LogP contribution is -2.44. The molecule has 1 aromatic heterocycles. The Morgan fingerprint density at radius 1 is 1.57 bits per heavy atom. The number of imidazole rings is 1. The van der Waals surface area contributed by atoms with Crippen LogP contribution >= 0.6 is 0 Å². The van der Waals surface area contributed by atoms with Crippen molar-refractivity contribution >= 4 is 5.91 Å². The van der Waals surface area contributed by atoms with Crippen molar-refractivity contribution in [3.63, 3.8) is 0 Å². The number of nitrogens with zero attached hydrogens (tertiary/aromatic N) is 3. The summed E-state index contributed by atoms with van der Waals surface area (Å²) >= 11 is 0. The maximum atomic E-state index is 12.4. The summed E-state index contributed by atoms with van der Waals surface area (Å²) in [5.41, 5.74) is 0. The Morgan fingerprint density at radius 3 is 2.95 bits per heavy atom. The van der Waals surface area contributed by atoms with Gasteiger partial charge in [-0.2, -0.15) is 0 Å². The van der Waals surface area contributed by atoms with E-state index in [-0.39, 0.29) is 17.7 Å². The minimum absolute atomic E-state index is 0.0811. The molecule has 0 saturated carbocycles. The maximum absolute atomic E-state index is 12.4. The van der Waals surface area contributed by atoms with E-state index >= 15 is 0 Å². The lowest BCUT2D eigenvalue weighted by Gasteiger charge is -2.36. The third kappa shape index (κ3) is 3.64. The highest BCUT2D eigenvalue weighted by atomic mass is 16.3. The van der Waals surface area contributed by atoms with Gasteiger partial charge in [-0.05, 0) is 19.3 Å². The Bertz CT molecular complexity index is 472. The number of likely N-dealkylation sites (tertiary alicyclic amines) is 1. The monoisotopic (exact) mass is 293 g/mol. The second-order valence-electron chi connectivity index (χ2n) is 6.22. The molecule has 0 aliphatic carbocycles. The van der Waals surface area contributed by atoms with Crippen molar-refractivity contribution in [3.05, 3.63) is 18.2 Å². The van der Waals surface area contributed by atoms with Crippen LogP contribution < -0.4 is 0 Å². The number of aliphatic hydroxyl groups is 1. The second-order valence-corrected chi connectivity index (χ2v) is 6.22. The molecule has 1 N–H and O–H groups in total. The number of aliphatic hydroxyl groups excluding tert-OH is 1. The highest BCUT2D eigenvalue weighted by Gasteiger charge is 2.32. The zero-order valence-electron chi connectivity index (χ0n) is 13.3. The molecular formula is C16H27N3O2. The molecule has 1 fully saturated rings. The van der Waals surface area contributed by atoms with Crippen molar-refractivity contribution < 1.29 is 9.90 Å². The number of hydrogen-bond acceptors (Lipinski definition) is 3. The Labute approximate surface area is 127 Å². The highest BCUT2D eigenvalue weighted by Crippen LogP contribution is 2.29. The lowest BCUT2D eigenvalue weighted by molar-refractivity contribution is -0.138. The van der Waals surface area contributed by atoms with Crippen molar-refractivity contribution in [2.45, 2.75) is 45.6 Å². The molecule has 2 heterocycles. The number of amides is 1. The average Bonchev–Trinajstić information content (AvgIpc) is 2.92. The summed E-state index contributed by atoms with van der Waals surface area (Å²) in [4.78, 5) is 18.6. The topological polar surface area (TPSA) is 58.4 Å². The van der Waals surface area contributed by atoms with E-state index in [1.165, 1.54) is 0 Å². The first-order chi connectivity index (χ1) is 10.0.